The van der Waals surface area contributed by atoms with E-state index in [9.17, 15) is 4.79 Å². The number of rotatable bonds is 6. The highest BCUT2D eigenvalue weighted by molar-refractivity contribution is 5.89. The predicted octanol–water partition coefficient (Wildman–Crippen LogP) is 2.31. The van der Waals surface area contributed by atoms with Gasteiger partial charge in [0.15, 0.2) is 5.78 Å². The number of carbonyl (C=O) groups is 1. The highest BCUT2D eigenvalue weighted by Crippen LogP contribution is 2.60. The lowest BCUT2D eigenvalue weighted by molar-refractivity contribution is -0.145. The molecule has 0 heterocycles. The van der Waals surface area contributed by atoms with Gasteiger partial charge in [0.1, 0.15) is 0 Å². The molecule has 0 amide bonds. The Morgan fingerprint density at radius 1 is 1.15 bits per heavy atom. The third kappa shape index (κ3) is 2.67. The summed E-state index contributed by atoms with van der Waals surface area (Å²) in [4.78, 5) is 15.2. The Balaban J connectivity index is 1.61. The second-order valence-electron chi connectivity index (χ2n) is 8.04. The Morgan fingerprint density at radius 2 is 1.65 bits per heavy atom. The summed E-state index contributed by atoms with van der Waals surface area (Å²) in [7, 11) is 4.15. The van der Waals surface area contributed by atoms with Crippen LogP contribution in [0.1, 0.15) is 45.4 Å². The van der Waals surface area contributed by atoms with Crippen LogP contribution in [0.3, 0.4) is 0 Å². The first-order valence-corrected chi connectivity index (χ1v) is 8.41. The summed E-state index contributed by atoms with van der Waals surface area (Å²) in [6.07, 6.45) is 7.81. The highest BCUT2D eigenvalue weighted by atomic mass is 16.1. The van der Waals surface area contributed by atoms with Gasteiger partial charge in [-0.1, -0.05) is 0 Å². The van der Waals surface area contributed by atoms with E-state index >= 15 is 0 Å². The predicted molar refractivity (Wildman–Crippen MR) is 81.6 cm³/mol. The first-order valence-electron chi connectivity index (χ1n) is 8.41. The Hall–Kier alpha value is -0.410. The molecule has 0 saturated heterocycles. The van der Waals surface area contributed by atoms with Gasteiger partial charge in [0.2, 0.25) is 0 Å². The third-order valence-electron chi connectivity index (χ3n) is 5.96. The smallest absolute Gasteiger partial charge is 0.155 e. The fourth-order valence-electron chi connectivity index (χ4n) is 5.47. The lowest BCUT2D eigenvalue weighted by Gasteiger charge is -2.56. The van der Waals surface area contributed by atoms with Gasteiger partial charge in [-0.05, 0) is 77.3 Å². The first-order chi connectivity index (χ1) is 9.48. The monoisotopic (exact) mass is 278 g/mol. The van der Waals surface area contributed by atoms with Gasteiger partial charge < -0.3 is 10.2 Å². The normalized spacial score (nSPS) is 40.3. The second-order valence-corrected chi connectivity index (χ2v) is 8.04. The summed E-state index contributed by atoms with van der Waals surface area (Å²) in [5.74, 6) is 3.10. The highest BCUT2D eigenvalue weighted by Gasteiger charge is 2.54. The van der Waals surface area contributed by atoms with Crippen LogP contribution in [0.4, 0.5) is 0 Å². The number of nitrogens with zero attached hydrogens (tertiary/aromatic N) is 1. The van der Waals surface area contributed by atoms with E-state index in [1.807, 2.05) is 0 Å². The fourth-order valence-corrected chi connectivity index (χ4v) is 5.47. The average molecular weight is 278 g/mol. The Bertz CT molecular complexity index is 342. The topological polar surface area (TPSA) is 32.3 Å². The zero-order valence-corrected chi connectivity index (χ0v) is 13.3. The largest absolute Gasteiger partial charge is 0.308 e. The minimum absolute atomic E-state index is 0.0335. The van der Waals surface area contributed by atoms with Crippen molar-refractivity contribution in [1.82, 2.24) is 10.2 Å². The van der Waals surface area contributed by atoms with Crippen molar-refractivity contribution in [3.8, 4) is 0 Å². The molecule has 0 aliphatic heterocycles. The van der Waals surface area contributed by atoms with E-state index in [1.165, 1.54) is 38.5 Å². The number of likely N-dealkylation sites (N-methyl/N-ethyl adjacent to an activating group) is 1. The SMILES string of the molecule is C[C@@H](NCCN(C)C)C(=O)C12CC3CC(CC(C3)C1)C2. The van der Waals surface area contributed by atoms with Crippen LogP contribution in [-0.4, -0.2) is 43.9 Å². The minimum atomic E-state index is 0.0335. The third-order valence-corrected chi connectivity index (χ3v) is 5.96. The molecule has 4 bridgehead atoms. The first kappa shape index (κ1) is 14.5. The van der Waals surface area contributed by atoms with Gasteiger partial charge in [0, 0.05) is 18.5 Å². The molecule has 3 heteroatoms. The number of ketones is 1. The number of hydrogen-bond donors (Lipinski definition) is 1. The summed E-state index contributed by atoms with van der Waals surface area (Å²) in [6, 6.07) is 0.0335. The summed E-state index contributed by atoms with van der Waals surface area (Å²) in [5.41, 5.74) is 0.0548. The molecule has 114 valence electrons. The lowest BCUT2D eigenvalue weighted by Crippen LogP contribution is -2.54. The van der Waals surface area contributed by atoms with Crippen LogP contribution < -0.4 is 5.32 Å². The van der Waals surface area contributed by atoms with E-state index in [4.69, 9.17) is 0 Å². The molecule has 1 N–H and O–H groups in total. The van der Waals surface area contributed by atoms with Gasteiger partial charge in [0.25, 0.3) is 0 Å². The van der Waals surface area contributed by atoms with Crippen molar-refractivity contribution in [2.24, 2.45) is 23.2 Å². The molecule has 0 aromatic heterocycles. The van der Waals surface area contributed by atoms with Gasteiger partial charge in [-0.25, -0.2) is 0 Å². The number of nitrogens with one attached hydrogen (secondary N) is 1. The van der Waals surface area contributed by atoms with E-state index in [-0.39, 0.29) is 11.5 Å². The molecule has 4 saturated carbocycles. The van der Waals surface area contributed by atoms with Crippen LogP contribution in [0, 0.1) is 23.2 Å². The van der Waals surface area contributed by atoms with Crippen molar-refractivity contribution in [1.29, 1.82) is 0 Å². The van der Waals surface area contributed by atoms with Gasteiger partial charge in [0.05, 0.1) is 6.04 Å². The van der Waals surface area contributed by atoms with E-state index in [0.29, 0.717) is 5.78 Å². The molecule has 0 aromatic rings. The van der Waals surface area contributed by atoms with Crippen molar-refractivity contribution >= 4 is 5.78 Å². The standard InChI is InChI=1S/C17H30N2O/c1-12(18-4-5-19(2)3)16(20)17-9-13-6-14(10-17)8-15(7-13)11-17/h12-15,18H,4-11H2,1-3H3/t12-,13?,14?,15?,17?/m1/s1. The molecule has 0 spiro atoms. The maximum absolute atomic E-state index is 13.0. The number of carbonyl (C=O) groups excluding carboxylic acids is 1. The van der Waals surface area contributed by atoms with E-state index in [2.05, 4.69) is 31.2 Å². The van der Waals surface area contributed by atoms with E-state index < -0.39 is 0 Å². The molecule has 4 rings (SSSR count). The van der Waals surface area contributed by atoms with Crippen LogP contribution in [0.25, 0.3) is 0 Å². The average Bonchev–Trinajstić information content (AvgIpc) is 2.35. The van der Waals surface area contributed by atoms with E-state index in [1.54, 1.807) is 0 Å². The van der Waals surface area contributed by atoms with E-state index in [0.717, 1.165) is 30.8 Å². The summed E-state index contributed by atoms with van der Waals surface area (Å²) in [5, 5.41) is 3.45. The van der Waals surface area contributed by atoms with Crippen LogP contribution in [0.15, 0.2) is 0 Å². The van der Waals surface area contributed by atoms with Crippen LogP contribution in [0.2, 0.25) is 0 Å². The van der Waals surface area contributed by atoms with Gasteiger partial charge >= 0.3 is 0 Å². The minimum Gasteiger partial charge on any atom is -0.308 e. The number of hydrogen-bond acceptors (Lipinski definition) is 3. The molecule has 0 unspecified atom stereocenters. The van der Waals surface area contributed by atoms with Gasteiger partial charge in [-0.3, -0.25) is 4.79 Å². The molecule has 1 atom stereocenters. The summed E-state index contributed by atoms with van der Waals surface area (Å²) in [6.45, 7) is 3.99. The van der Waals surface area contributed by atoms with Crippen molar-refractivity contribution in [3.05, 3.63) is 0 Å². The zero-order chi connectivity index (χ0) is 14.3. The van der Waals surface area contributed by atoms with Crippen LogP contribution in [-0.2, 0) is 4.79 Å². The van der Waals surface area contributed by atoms with Crippen LogP contribution in [0.5, 0.6) is 0 Å². The molecule has 4 fully saturated rings. The molecule has 0 radical (unpaired) electrons. The molecule has 4 aliphatic carbocycles. The lowest BCUT2D eigenvalue weighted by atomic mass is 9.48. The van der Waals surface area contributed by atoms with Crippen molar-refractivity contribution in [2.45, 2.75) is 51.5 Å². The Morgan fingerprint density at radius 3 is 2.10 bits per heavy atom. The van der Waals surface area contributed by atoms with Gasteiger partial charge in [-0.2, -0.15) is 0 Å². The quantitative estimate of drug-likeness (QED) is 0.809. The molecule has 20 heavy (non-hydrogen) atoms. The molecule has 4 aliphatic rings. The number of Topliss-reactive ketones (excluding diaryl/α,β-unsaturated/α-hetero) is 1. The van der Waals surface area contributed by atoms with Crippen LogP contribution >= 0.6 is 0 Å². The van der Waals surface area contributed by atoms with Gasteiger partial charge in [-0.15, -0.1) is 0 Å². The van der Waals surface area contributed by atoms with Crippen molar-refractivity contribution < 1.29 is 4.79 Å². The Kier molecular flexibility index (Phi) is 3.93. The zero-order valence-electron chi connectivity index (χ0n) is 13.3. The molecule has 0 aromatic carbocycles. The fraction of sp³-hybridized carbons (Fsp3) is 0.941. The molecular formula is C17H30N2O. The molecular weight excluding hydrogens is 248 g/mol. The molecule has 3 nitrogen and oxygen atoms in total. The second kappa shape index (κ2) is 5.42. The van der Waals surface area contributed by atoms with Crippen molar-refractivity contribution in [3.63, 3.8) is 0 Å². The summed E-state index contributed by atoms with van der Waals surface area (Å²) < 4.78 is 0. The maximum Gasteiger partial charge on any atom is 0.155 e. The Labute approximate surface area is 123 Å². The summed E-state index contributed by atoms with van der Waals surface area (Å²) >= 11 is 0. The maximum atomic E-state index is 13.0. The van der Waals surface area contributed by atoms with Crippen molar-refractivity contribution in [2.75, 3.05) is 27.2 Å².